The maximum atomic E-state index is 11.8. The molecule has 1 fully saturated rings. The molecule has 0 saturated carbocycles. The summed E-state index contributed by atoms with van der Waals surface area (Å²) in [7, 11) is 0. The molecule has 1 aliphatic rings. The number of nitrogens with one attached hydrogen (secondary N) is 1. The average Bonchev–Trinajstić information content (AvgIpc) is 2.24. The van der Waals surface area contributed by atoms with Gasteiger partial charge in [-0.25, -0.2) is 9.97 Å². The molecule has 2 amide bonds. The zero-order valence-electron chi connectivity index (χ0n) is 11.0. The molecule has 2 heterocycles. The first kappa shape index (κ1) is 13.9. The highest BCUT2D eigenvalue weighted by atomic mass is 35.5. The summed E-state index contributed by atoms with van der Waals surface area (Å²) in [5.74, 6) is -0.133. The number of hydrogen-bond donors (Lipinski definition) is 1. The first-order valence-corrected chi connectivity index (χ1v) is 6.26. The average molecular weight is 283 g/mol. The summed E-state index contributed by atoms with van der Waals surface area (Å²) < 4.78 is 0. The summed E-state index contributed by atoms with van der Waals surface area (Å²) in [5.41, 5.74) is -0.0337. The van der Waals surface area contributed by atoms with E-state index in [1.165, 1.54) is 0 Å². The molecule has 1 aliphatic heterocycles. The van der Waals surface area contributed by atoms with E-state index < -0.39 is 5.54 Å². The summed E-state index contributed by atoms with van der Waals surface area (Å²) >= 11 is 5.88. The van der Waals surface area contributed by atoms with Gasteiger partial charge in [-0.05, 0) is 26.8 Å². The highest BCUT2D eigenvalue weighted by molar-refractivity contribution is 6.29. The molecule has 102 valence electrons. The third kappa shape index (κ3) is 2.90. The number of imide groups is 1. The van der Waals surface area contributed by atoms with Crippen molar-refractivity contribution in [3.63, 3.8) is 0 Å². The van der Waals surface area contributed by atoms with Crippen molar-refractivity contribution < 1.29 is 9.59 Å². The Labute approximate surface area is 116 Å². The first-order valence-electron chi connectivity index (χ1n) is 5.88. The SMILES string of the molecule is Cc1cc(Cl)nc(CN2CC(=O)NC(=O)C2(C)C)n1. The summed E-state index contributed by atoms with van der Waals surface area (Å²) in [6, 6.07) is 1.66. The Hall–Kier alpha value is -1.53. The Bertz CT molecular complexity index is 524. The van der Waals surface area contributed by atoms with Crippen LogP contribution < -0.4 is 5.32 Å². The summed E-state index contributed by atoms with van der Waals surface area (Å²) in [4.78, 5) is 33.4. The van der Waals surface area contributed by atoms with Crippen LogP contribution in [0.4, 0.5) is 0 Å². The number of rotatable bonds is 2. The minimum absolute atomic E-state index is 0.133. The van der Waals surface area contributed by atoms with Gasteiger partial charge in [0, 0.05) is 5.69 Å². The van der Waals surface area contributed by atoms with E-state index in [1.807, 2.05) is 6.92 Å². The van der Waals surface area contributed by atoms with Crippen LogP contribution in [0.1, 0.15) is 25.4 Å². The molecule has 0 atom stereocenters. The third-order valence-electron chi connectivity index (χ3n) is 3.14. The minimum atomic E-state index is -0.784. The normalized spacial score (nSPS) is 19.4. The molecule has 0 spiro atoms. The number of aryl methyl sites for hydroxylation is 1. The van der Waals surface area contributed by atoms with Crippen LogP contribution >= 0.6 is 11.6 Å². The van der Waals surface area contributed by atoms with Gasteiger partial charge in [0.25, 0.3) is 0 Å². The molecule has 0 aliphatic carbocycles. The number of aromatic nitrogens is 2. The highest BCUT2D eigenvalue weighted by Gasteiger charge is 2.41. The van der Waals surface area contributed by atoms with Crippen LogP contribution in [-0.2, 0) is 16.1 Å². The second kappa shape index (κ2) is 4.86. The first-order chi connectivity index (χ1) is 8.79. The zero-order valence-corrected chi connectivity index (χ0v) is 11.8. The van der Waals surface area contributed by atoms with E-state index in [4.69, 9.17) is 11.6 Å². The van der Waals surface area contributed by atoms with Gasteiger partial charge in [0.1, 0.15) is 11.0 Å². The van der Waals surface area contributed by atoms with Gasteiger partial charge in [-0.2, -0.15) is 0 Å². The molecule has 2 rings (SSSR count). The largest absolute Gasteiger partial charge is 0.294 e. The zero-order chi connectivity index (χ0) is 14.2. The lowest BCUT2D eigenvalue weighted by molar-refractivity contribution is -0.145. The fraction of sp³-hybridized carbons (Fsp3) is 0.500. The summed E-state index contributed by atoms with van der Waals surface area (Å²) in [5, 5.41) is 2.68. The smallest absolute Gasteiger partial charge is 0.246 e. The second-order valence-corrected chi connectivity index (χ2v) is 5.43. The monoisotopic (exact) mass is 282 g/mol. The molecule has 1 aromatic rings. The number of carbonyl (C=O) groups is 2. The third-order valence-corrected chi connectivity index (χ3v) is 3.33. The Morgan fingerprint density at radius 3 is 2.74 bits per heavy atom. The van der Waals surface area contributed by atoms with E-state index in [0.717, 1.165) is 5.69 Å². The van der Waals surface area contributed by atoms with Crippen molar-refractivity contribution in [1.82, 2.24) is 20.2 Å². The number of halogens is 1. The van der Waals surface area contributed by atoms with E-state index >= 15 is 0 Å². The topological polar surface area (TPSA) is 75.2 Å². The lowest BCUT2D eigenvalue weighted by atomic mass is 9.99. The molecule has 0 unspecified atom stereocenters. The lowest BCUT2D eigenvalue weighted by Crippen LogP contribution is -2.63. The van der Waals surface area contributed by atoms with Gasteiger partial charge in [-0.1, -0.05) is 11.6 Å². The van der Waals surface area contributed by atoms with Gasteiger partial charge < -0.3 is 0 Å². The number of piperazine rings is 1. The van der Waals surface area contributed by atoms with Gasteiger partial charge in [-0.15, -0.1) is 0 Å². The molecule has 0 radical (unpaired) electrons. The van der Waals surface area contributed by atoms with Crippen LogP contribution in [0.15, 0.2) is 6.07 Å². The summed E-state index contributed by atoms with van der Waals surface area (Å²) in [6.45, 7) is 5.76. The molecule has 0 bridgehead atoms. The molecule has 19 heavy (non-hydrogen) atoms. The Balaban J connectivity index is 2.25. The minimum Gasteiger partial charge on any atom is -0.294 e. The van der Waals surface area contributed by atoms with Crippen LogP contribution in [0.25, 0.3) is 0 Å². The van der Waals surface area contributed by atoms with Crippen LogP contribution in [0.2, 0.25) is 5.15 Å². The van der Waals surface area contributed by atoms with Crippen molar-refractivity contribution in [2.24, 2.45) is 0 Å². The van der Waals surface area contributed by atoms with E-state index in [0.29, 0.717) is 17.5 Å². The van der Waals surface area contributed by atoms with Crippen molar-refractivity contribution in [1.29, 1.82) is 0 Å². The standard InChI is InChI=1S/C12H15ClN4O2/c1-7-4-8(13)15-9(14-7)5-17-6-10(18)16-11(19)12(17,2)3/h4H,5-6H2,1-3H3,(H,16,18,19). The molecular weight excluding hydrogens is 268 g/mol. The molecule has 0 aromatic carbocycles. The number of nitrogens with zero attached hydrogens (tertiary/aromatic N) is 3. The quantitative estimate of drug-likeness (QED) is 0.638. The molecule has 7 heteroatoms. The Morgan fingerprint density at radius 1 is 1.42 bits per heavy atom. The van der Waals surface area contributed by atoms with Crippen LogP contribution in [0, 0.1) is 6.92 Å². The van der Waals surface area contributed by atoms with E-state index in [2.05, 4.69) is 15.3 Å². The van der Waals surface area contributed by atoms with Crippen molar-refractivity contribution >= 4 is 23.4 Å². The van der Waals surface area contributed by atoms with Crippen molar-refractivity contribution in [2.75, 3.05) is 6.54 Å². The fourth-order valence-electron chi connectivity index (χ4n) is 1.92. The predicted octanol–water partition coefficient (Wildman–Crippen LogP) is 0.675. The molecule has 6 nitrogen and oxygen atoms in total. The maximum absolute atomic E-state index is 11.8. The summed E-state index contributed by atoms with van der Waals surface area (Å²) in [6.07, 6.45) is 0. The van der Waals surface area contributed by atoms with Gasteiger partial charge in [-0.3, -0.25) is 19.8 Å². The van der Waals surface area contributed by atoms with Crippen molar-refractivity contribution in [3.05, 3.63) is 22.7 Å². The molecule has 1 N–H and O–H groups in total. The number of hydrogen-bond acceptors (Lipinski definition) is 5. The van der Waals surface area contributed by atoms with E-state index in [-0.39, 0.29) is 18.4 Å². The molecule has 1 aromatic heterocycles. The van der Waals surface area contributed by atoms with Gasteiger partial charge in [0.2, 0.25) is 11.8 Å². The van der Waals surface area contributed by atoms with Gasteiger partial charge >= 0.3 is 0 Å². The number of carbonyl (C=O) groups excluding carboxylic acids is 2. The van der Waals surface area contributed by atoms with Crippen LogP contribution in [0.5, 0.6) is 0 Å². The fourth-order valence-corrected chi connectivity index (χ4v) is 2.17. The highest BCUT2D eigenvalue weighted by Crippen LogP contribution is 2.20. The molecule has 1 saturated heterocycles. The lowest BCUT2D eigenvalue weighted by Gasteiger charge is -2.39. The molecular formula is C12H15ClN4O2. The second-order valence-electron chi connectivity index (χ2n) is 5.04. The van der Waals surface area contributed by atoms with Crippen LogP contribution in [-0.4, -0.2) is 38.8 Å². The van der Waals surface area contributed by atoms with Crippen molar-refractivity contribution in [2.45, 2.75) is 32.9 Å². The van der Waals surface area contributed by atoms with Crippen molar-refractivity contribution in [3.8, 4) is 0 Å². The Kier molecular flexibility index (Phi) is 3.56. The van der Waals surface area contributed by atoms with Crippen LogP contribution in [0.3, 0.4) is 0 Å². The number of amides is 2. The van der Waals surface area contributed by atoms with E-state index in [1.54, 1.807) is 24.8 Å². The Morgan fingerprint density at radius 2 is 2.11 bits per heavy atom. The maximum Gasteiger partial charge on any atom is 0.246 e. The predicted molar refractivity (Wildman–Crippen MR) is 69.4 cm³/mol. The van der Waals surface area contributed by atoms with E-state index in [9.17, 15) is 9.59 Å². The van der Waals surface area contributed by atoms with Gasteiger partial charge in [0.15, 0.2) is 0 Å². The van der Waals surface area contributed by atoms with Gasteiger partial charge in [0.05, 0.1) is 18.6 Å².